The van der Waals surface area contributed by atoms with Gasteiger partial charge < -0.3 is 25.0 Å². The van der Waals surface area contributed by atoms with E-state index in [0.29, 0.717) is 38.1 Å². The topological polar surface area (TPSA) is 86.0 Å². The predicted octanol–water partition coefficient (Wildman–Crippen LogP) is 3.60. The summed E-state index contributed by atoms with van der Waals surface area (Å²) < 4.78 is 5.47. The Morgan fingerprint density at radius 2 is 1.79 bits per heavy atom. The molecule has 0 aliphatic carbocycles. The molecule has 0 radical (unpaired) electrons. The van der Waals surface area contributed by atoms with Crippen molar-refractivity contribution < 1.29 is 9.32 Å². The van der Waals surface area contributed by atoms with E-state index in [1.54, 1.807) is 0 Å². The van der Waals surface area contributed by atoms with Crippen LogP contribution in [0.2, 0.25) is 0 Å². The van der Waals surface area contributed by atoms with Gasteiger partial charge in [-0.05, 0) is 31.9 Å². The number of nitrogens with one attached hydrogen (secondary N) is 2. The van der Waals surface area contributed by atoms with E-state index in [9.17, 15) is 4.79 Å². The highest BCUT2D eigenvalue weighted by Gasteiger charge is 2.21. The lowest BCUT2D eigenvalue weighted by molar-refractivity contribution is -0.129. The van der Waals surface area contributed by atoms with Crippen molar-refractivity contribution in [1.82, 2.24) is 20.7 Å². The van der Waals surface area contributed by atoms with Gasteiger partial charge in [0.05, 0.1) is 12.2 Å². The molecular formula is C24H37IN6O2. The van der Waals surface area contributed by atoms with Gasteiger partial charge >= 0.3 is 0 Å². The van der Waals surface area contributed by atoms with Crippen LogP contribution in [0.15, 0.2) is 45.9 Å². The molecule has 1 aromatic heterocycles. The van der Waals surface area contributed by atoms with Crippen molar-refractivity contribution in [1.29, 1.82) is 0 Å². The van der Waals surface area contributed by atoms with E-state index in [0.717, 1.165) is 37.4 Å². The van der Waals surface area contributed by atoms with E-state index in [1.165, 1.54) is 5.69 Å². The minimum absolute atomic E-state index is 0. The molecule has 0 spiro atoms. The average Bonchev–Trinajstić information content (AvgIpc) is 3.31. The minimum atomic E-state index is 0. The summed E-state index contributed by atoms with van der Waals surface area (Å²) in [5.74, 6) is 1.84. The highest BCUT2D eigenvalue weighted by molar-refractivity contribution is 14.0. The number of piperazine rings is 1. The van der Waals surface area contributed by atoms with Gasteiger partial charge in [0.2, 0.25) is 5.91 Å². The number of carbonyl (C=O) groups is 1. The molecule has 0 bridgehead atoms. The number of hydrogen-bond acceptors (Lipinski definition) is 5. The number of benzene rings is 1. The molecule has 9 heteroatoms. The lowest BCUT2D eigenvalue weighted by Gasteiger charge is -2.36. The summed E-state index contributed by atoms with van der Waals surface area (Å²) >= 11 is 0. The molecule has 1 aliphatic rings. The van der Waals surface area contributed by atoms with Crippen molar-refractivity contribution in [2.24, 2.45) is 4.99 Å². The van der Waals surface area contributed by atoms with Crippen molar-refractivity contribution in [3.63, 3.8) is 0 Å². The summed E-state index contributed by atoms with van der Waals surface area (Å²) in [6.45, 7) is 10.7. The van der Waals surface area contributed by atoms with Crippen LogP contribution in [0.5, 0.6) is 0 Å². The number of carbonyl (C=O) groups excluding carboxylic acids is 1. The number of amides is 1. The first-order valence-electron chi connectivity index (χ1n) is 11.7. The van der Waals surface area contributed by atoms with Crippen LogP contribution in [0.1, 0.15) is 51.0 Å². The third-order valence-electron chi connectivity index (χ3n) is 5.88. The van der Waals surface area contributed by atoms with E-state index in [1.807, 2.05) is 36.1 Å². The molecule has 2 N–H and O–H groups in total. The molecule has 3 rings (SSSR count). The summed E-state index contributed by atoms with van der Waals surface area (Å²) in [6.07, 6.45) is 2.09. The number of nitrogens with zero attached hydrogens (tertiary/aromatic N) is 4. The van der Waals surface area contributed by atoms with Crippen LogP contribution in [0.4, 0.5) is 5.69 Å². The Bertz CT molecular complexity index is 861. The van der Waals surface area contributed by atoms with Gasteiger partial charge in [0, 0.05) is 50.4 Å². The van der Waals surface area contributed by atoms with Gasteiger partial charge in [-0.3, -0.25) is 4.79 Å². The second-order valence-corrected chi connectivity index (χ2v) is 7.98. The number of hydrogen-bond donors (Lipinski definition) is 2. The first-order valence-corrected chi connectivity index (χ1v) is 11.7. The van der Waals surface area contributed by atoms with E-state index >= 15 is 0 Å². The third-order valence-corrected chi connectivity index (χ3v) is 5.88. The molecule has 2 heterocycles. The maximum Gasteiger partial charge on any atom is 0.244 e. The van der Waals surface area contributed by atoms with Gasteiger partial charge in [-0.1, -0.05) is 37.2 Å². The summed E-state index contributed by atoms with van der Waals surface area (Å²) in [5, 5.41) is 10.6. The zero-order valence-corrected chi connectivity index (χ0v) is 22.2. The second kappa shape index (κ2) is 14.1. The van der Waals surface area contributed by atoms with Crippen LogP contribution in [0, 0.1) is 0 Å². The highest BCUT2D eigenvalue weighted by Crippen LogP contribution is 2.22. The van der Waals surface area contributed by atoms with Gasteiger partial charge in [0.25, 0.3) is 0 Å². The Balaban J connectivity index is 0.00000385. The van der Waals surface area contributed by atoms with Gasteiger partial charge in [-0.2, -0.15) is 0 Å². The first kappa shape index (κ1) is 26.9. The maximum absolute atomic E-state index is 12.7. The van der Waals surface area contributed by atoms with E-state index in [2.05, 4.69) is 51.7 Å². The lowest BCUT2D eigenvalue weighted by atomic mass is 9.99. The largest absolute Gasteiger partial charge is 0.368 e. The van der Waals surface area contributed by atoms with Gasteiger partial charge in [-0.25, -0.2) is 4.99 Å². The second-order valence-electron chi connectivity index (χ2n) is 7.98. The van der Waals surface area contributed by atoms with Crippen LogP contribution in [0.3, 0.4) is 0 Å². The number of halogens is 1. The van der Waals surface area contributed by atoms with Gasteiger partial charge in [0.1, 0.15) is 6.54 Å². The highest BCUT2D eigenvalue weighted by atomic mass is 127. The number of rotatable bonds is 9. The van der Waals surface area contributed by atoms with E-state index < -0.39 is 0 Å². The summed E-state index contributed by atoms with van der Waals surface area (Å²) in [7, 11) is 0. The smallest absolute Gasteiger partial charge is 0.244 e. The fourth-order valence-corrected chi connectivity index (χ4v) is 3.92. The van der Waals surface area contributed by atoms with Crippen molar-refractivity contribution in [2.45, 2.75) is 46.1 Å². The molecule has 1 fully saturated rings. The first-order chi connectivity index (χ1) is 15.6. The van der Waals surface area contributed by atoms with E-state index in [-0.39, 0.29) is 36.4 Å². The monoisotopic (exact) mass is 568 g/mol. The maximum atomic E-state index is 12.7. The number of anilines is 1. The predicted molar refractivity (Wildman–Crippen MR) is 143 cm³/mol. The number of para-hydroxylation sites is 1. The molecule has 1 amide bonds. The Morgan fingerprint density at radius 1 is 1.09 bits per heavy atom. The average molecular weight is 569 g/mol. The van der Waals surface area contributed by atoms with Crippen molar-refractivity contribution in [2.75, 3.05) is 44.2 Å². The lowest BCUT2D eigenvalue weighted by Crippen LogP contribution is -2.49. The fraction of sp³-hybridized carbons (Fsp3) is 0.542. The standard InChI is InChI=1S/C24H36N6O2.HI/c1-4-19(5-2)22-16-21(32-28-22)17-26-24(25-6-3)27-18-23(31)30-14-12-29(13-15-30)20-10-8-7-9-11-20;/h7-11,16,19H,4-6,12-15,17-18H2,1-3H3,(H2,25,26,27);1H. The number of aliphatic imine (C=N–C) groups is 1. The molecule has 2 aromatic rings. The van der Waals surface area contributed by atoms with Gasteiger partial charge in [-0.15, -0.1) is 24.0 Å². The normalized spacial score (nSPS) is 14.2. The van der Waals surface area contributed by atoms with Crippen LogP contribution in [0.25, 0.3) is 0 Å². The molecule has 1 aromatic carbocycles. The van der Waals surface area contributed by atoms with Crippen molar-refractivity contribution in [3.05, 3.63) is 47.9 Å². The zero-order chi connectivity index (χ0) is 22.8. The molecule has 33 heavy (non-hydrogen) atoms. The SMILES string of the molecule is CCNC(=NCC(=O)N1CCN(c2ccccc2)CC1)NCc1cc(C(CC)CC)no1.I. The summed E-state index contributed by atoms with van der Waals surface area (Å²) in [6, 6.07) is 12.3. The van der Waals surface area contributed by atoms with Crippen LogP contribution >= 0.6 is 24.0 Å². The molecular weight excluding hydrogens is 531 g/mol. The van der Waals surface area contributed by atoms with Crippen LogP contribution in [-0.4, -0.2) is 61.2 Å². The fourth-order valence-electron chi connectivity index (χ4n) is 3.92. The quantitative estimate of drug-likeness (QED) is 0.273. The Kier molecular flexibility index (Phi) is 11.5. The number of guanidine groups is 1. The van der Waals surface area contributed by atoms with Crippen LogP contribution < -0.4 is 15.5 Å². The Hall–Kier alpha value is -2.30. The van der Waals surface area contributed by atoms with Crippen LogP contribution in [-0.2, 0) is 11.3 Å². The van der Waals surface area contributed by atoms with Gasteiger partial charge in [0.15, 0.2) is 11.7 Å². The Labute approximate surface area is 214 Å². The summed E-state index contributed by atoms with van der Waals surface area (Å²) in [5.41, 5.74) is 2.20. The molecule has 8 nitrogen and oxygen atoms in total. The van der Waals surface area contributed by atoms with E-state index in [4.69, 9.17) is 4.52 Å². The molecule has 1 aliphatic heterocycles. The molecule has 0 atom stereocenters. The molecule has 0 unspecified atom stereocenters. The zero-order valence-electron chi connectivity index (χ0n) is 19.9. The molecule has 0 saturated carbocycles. The molecule has 1 saturated heterocycles. The van der Waals surface area contributed by atoms with Crippen molar-refractivity contribution in [3.8, 4) is 0 Å². The molecule has 182 valence electrons. The minimum Gasteiger partial charge on any atom is -0.368 e. The third kappa shape index (κ3) is 7.90. The summed E-state index contributed by atoms with van der Waals surface area (Å²) in [4.78, 5) is 21.4. The van der Waals surface area contributed by atoms with Crippen molar-refractivity contribution >= 4 is 41.5 Å². The number of aromatic nitrogens is 1. The Morgan fingerprint density at radius 3 is 2.42 bits per heavy atom.